The van der Waals surface area contributed by atoms with Gasteiger partial charge in [-0.1, -0.05) is 24.3 Å². The van der Waals surface area contributed by atoms with Crippen LogP contribution in [0, 0.1) is 19.7 Å². The predicted molar refractivity (Wildman–Crippen MR) is 110 cm³/mol. The second-order valence-electron chi connectivity index (χ2n) is 7.56. The predicted octanol–water partition coefficient (Wildman–Crippen LogP) is 3.47. The van der Waals surface area contributed by atoms with E-state index in [1.807, 2.05) is 53.8 Å². The van der Waals surface area contributed by atoms with Gasteiger partial charge in [0.05, 0.1) is 18.3 Å². The zero-order valence-electron chi connectivity index (χ0n) is 16.7. The van der Waals surface area contributed by atoms with Crippen LogP contribution in [0.2, 0.25) is 0 Å². The van der Waals surface area contributed by atoms with E-state index in [0.717, 1.165) is 29.1 Å². The molecule has 4 rings (SSSR count). The summed E-state index contributed by atoms with van der Waals surface area (Å²) < 4.78 is 15.7. The van der Waals surface area contributed by atoms with Crippen LogP contribution in [-0.4, -0.2) is 40.2 Å². The molecule has 150 valence electrons. The number of aryl methyl sites for hydroxylation is 2. The third-order valence-electron chi connectivity index (χ3n) is 5.37. The fraction of sp³-hybridized carbons (Fsp3) is 0.304. The van der Waals surface area contributed by atoms with Gasteiger partial charge in [0.1, 0.15) is 5.82 Å². The van der Waals surface area contributed by atoms with Gasteiger partial charge < -0.3 is 10.2 Å². The van der Waals surface area contributed by atoms with Crippen LogP contribution in [-0.2, 0) is 6.54 Å². The number of halogens is 1. The molecule has 0 bridgehead atoms. The van der Waals surface area contributed by atoms with Crippen LogP contribution >= 0.6 is 0 Å². The number of carbonyl (C=O) groups is 1. The smallest absolute Gasteiger partial charge is 0.254 e. The highest BCUT2D eigenvalue weighted by Crippen LogP contribution is 2.25. The van der Waals surface area contributed by atoms with Gasteiger partial charge in [0.2, 0.25) is 0 Å². The highest BCUT2D eigenvalue weighted by atomic mass is 19.1. The van der Waals surface area contributed by atoms with E-state index in [4.69, 9.17) is 0 Å². The summed E-state index contributed by atoms with van der Waals surface area (Å²) in [4.78, 5) is 15.0. The van der Waals surface area contributed by atoms with Crippen LogP contribution in [0.1, 0.15) is 38.9 Å². The van der Waals surface area contributed by atoms with Gasteiger partial charge >= 0.3 is 0 Å². The van der Waals surface area contributed by atoms with Crippen molar-refractivity contribution in [2.75, 3.05) is 19.6 Å². The molecule has 1 aromatic heterocycles. The molecule has 2 aromatic carbocycles. The fourth-order valence-electron chi connectivity index (χ4n) is 3.89. The van der Waals surface area contributed by atoms with Gasteiger partial charge in [-0.2, -0.15) is 5.10 Å². The molecule has 1 unspecified atom stereocenters. The maximum atomic E-state index is 13.7. The number of carbonyl (C=O) groups excluding carboxylic acids is 1. The number of hydrogen-bond acceptors (Lipinski definition) is 3. The minimum atomic E-state index is -0.283. The van der Waals surface area contributed by atoms with Crippen LogP contribution in [0.4, 0.5) is 4.39 Å². The number of nitrogens with one attached hydrogen (secondary N) is 1. The first kappa shape index (κ1) is 19.3. The second-order valence-corrected chi connectivity index (χ2v) is 7.56. The summed E-state index contributed by atoms with van der Waals surface area (Å²) in [6, 6.07) is 16.1. The van der Waals surface area contributed by atoms with Crippen LogP contribution in [0.25, 0.3) is 0 Å². The minimum Gasteiger partial charge on any atom is -0.329 e. The molecule has 1 amide bonds. The van der Waals surface area contributed by atoms with Gasteiger partial charge in [-0.05, 0) is 55.3 Å². The fourth-order valence-corrected chi connectivity index (χ4v) is 3.89. The lowest BCUT2D eigenvalue weighted by Gasteiger charge is -2.36. The van der Waals surface area contributed by atoms with Crippen molar-refractivity contribution >= 4 is 5.91 Å². The molecule has 1 aliphatic heterocycles. The van der Waals surface area contributed by atoms with Crippen molar-refractivity contribution in [3.8, 4) is 0 Å². The maximum absolute atomic E-state index is 13.7. The number of aromatic nitrogens is 2. The third-order valence-corrected chi connectivity index (χ3v) is 5.37. The molecule has 1 aliphatic rings. The van der Waals surface area contributed by atoms with Crippen molar-refractivity contribution in [1.29, 1.82) is 0 Å². The lowest BCUT2D eigenvalue weighted by Crippen LogP contribution is -2.48. The number of benzene rings is 2. The van der Waals surface area contributed by atoms with Crippen molar-refractivity contribution in [2.45, 2.75) is 26.4 Å². The van der Waals surface area contributed by atoms with E-state index in [1.54, 1.807) is 6.07 Å². The van der Waals surface area contributed by atoms with Crippen LogP contribution in [0.3, 0.4) is 0 Å². The Balaban J connectivity index is 1.52. The molecule has 2 heterocycles. The molecular weight excluding hydrogens is 367 g/mol. The van der Waals surface area contributed by atoms with Gasteiger partial charge in [-0.25, -0.2) is 4.39 Å². The Bertz CT molecular complexity index is 1010. The Morgan fingerprint density at radius 2 is 1.97 bits per heavy atom. The van der Waals surface area contributed by atoms with E-state index in [1.165, 1.54) is 12.1 Å². The molecule has 5 nitrogen and oxygen atoms in total. The summed E-state index contributed by atoms with van der Waals surface area (Å²) in [6.07, 6.45) is 0. The van der Waals surface area contributed by atoms with E-state index in [9.17, 15) is 9.18 Å². The van der Waals surface area contributed by atoms with Crippen molar-refractivity contribution in [2.24, 2.45) is 0 Å². The monoisotopic (exact) mass is 392 g/mol. The largest absolute Gasteiger partial charge is 0.329 e. The number of piperazine rings is 1. The maximum Gasteiger partial charge on any atom is 0.254 e. The summed E-state index contributed by atoms with van der Waals surface area (Å²) in [5, 5.41) is 7.80. The molecule has 1 atom stereocenters. The molecule has 29 heavy (non-hydrogen) atoms. The quantitative estimate of drug-likeness (QED) is 0.740. The highest BCUT2D eigenvalue weighted by molar-refractivity contribution is 5.94. The van der Waals surface area contributed by atoms with Crippen molar-refractivity contribution in [3.05, 3.63) is 88.5 Å². The van der Waals surface area contributed by atoms with Gasteiger partial charge in [-0.3, -0.25) is 9.48 Å². The SMILES string of the molecule is Cc1cc(C)n(Cc2ccc(C(=O)N3CCNCC3c3cccc(F)c3)cc2)n1. The third kappa shape index (κ3) is 4.22. The molecule has 1 fully saturated rings. The van der Waals surface area contributed by atoms with Gasteiger partial charge in [0.15, 0.2) is 0 Å². The van der Waals surface area contributed by atoms with Crippen molar-refractivity contribution in [3.63, 3.8) is 0 Å². The topological polar surface area (TPSA) is 50.2 Å². The highest BCUT2D eigenvalue weighted by Gasteiger charge is 2.28. The zero-order valence-corrected chi connectivity index (χ0v) is 16.7. The summed E-state index contributed by atoms with van der Waals surface area (Å²) in [6.45, 7) is 6.63. The Morgan fingerprint density at radius 1 is 1.17 bits per heavy atom. The van der Waals surface area contributed by atoms with Gasteiger partial charge in [-0.15, -0.1) is 0 Å². The molecule has 0 aliphatic carbocycles. The van der Waals surface area contributed by atoms with Crippen LogP contribution < -0.4 is 5.32 Å². The molecule has 6 heteroatoms. The second kappa shape index (κ2) is 8.17. The van der Waals surface area contributed by atoms with E-state index in [2.05, 4.69) is 16.5 Å². The minimum absolute atomic E-state index is 0.0292. The van der Waals surface area contributed by atoms with E-state index < -0.39 is 0 Å². The first-order valence-corrected chi connectivity index (χ1v) is 9.88. The Hall–Kier alpha value is -2.99. The van der Waals surface area contributed by atoms with Gasteiger partial charge in [0.25, 0.3) is 5.91 Å². The van der Waals surface area contributed by atoms with Crippen molar-refractivity contribution in [1.82, 2.24) is 20.0 Å². The van der Waals surface area contributed by atoms with Crippen LogP contribution in [0.15, 0.2) is 54.6 Å². The summed E-state index contributed by atoms with van der Waals surface area (Å²) >= 11 is 0. The average molecular weight is 392 g/mol. The van der Waals surface area contributed by atoms with E-state index in [-0.39, 0.29) is 17.8 Å². The van der Waals surface area contributed by atoms with E-state index >= 15 is 0 Å². The summed E-state index contributed by atoms with van der Waals surface area (Å²) in [5.41, 5.74) is 4.66. The summed E-state index contributed by atoms with van der Waals surface area (Å²) in [7, 11) is 0. The molecule has 1 N–H and O–H groups in total. The lowest BCUT2D eigenvalue weighted by atomic mass is 10.0. The molecule has 0 radical (unpaired) electrons. The van der Waals surface area contributed by atoms with Gasteiger partial charge in [0, 0.05) is 30.9 Å². The first-order chi connectivity index (χ1) is 14.0. The first-order valence-electron chi connectivity index (χ1n) is 9.88. The molecule has 0 saturated carbocycles. The lowest BCUT2D eigenvalue weighted by molar-refractivity contribution is 0.0634. The zero-order chi connectivity index (χ0) is 20.4. The number of amides is 1. The number of rotatable bonds is 4. The van der Waals surface area contributed by atoms with E-state index in [0.29, 0.717) is 25.2 Å². The number of nitrogens with zero attached hydrogens (tertiary/aromatic N) is 3. The average Bonchev–Trinajstić information content (AvgIpc) is 3.04. The normalized spacial score (nSPS) is 16.8. The Kier molecular flexibility index (Phi) is 5.45. The molecule has 0 spiro atoms. The molecule has 1 saturated heterocycles. The molecular formula is C23H25FN4O. The standard InChI is InChI=1S/C23H25FN4O/c1-16-12-17(2)28(26-16)15-18-6-8-19(9-7-18)23(29)27-11-10-25-14-22(27)20-4-3-5-21(24)13-20/h3-9,12-13,22,25H,10-11,14-15H2,1-2H3. The Morgan fingerprint density at radius 3 is 2.66 bits per heavy atom. The van der Waals surface area contributed by atoms with Crippen molar-refractivity contribution < 1.29 is 9.18 Å². The Labute approximate surface area is 170 Å². The molecule has 3 aromatic rings. The van der Waals surface area contributed by atoms with Crippen LogP contribution in [0.5, 0.6) is 0 Å². The summed E-state index contributed by atoms with van der Waals surface area (Å²) in [5.74, 6) is -0.313. The number of hydrogen-bond donors (Lipinski definition) is 1.